The summed E-state index contributed by atoms with van der Waals surface area (Å²) in [4.78, 5) is 0. The molecule has 0 unspecified atom stereocenters. The number of nitrogens with one attached hydrogen (secondary N) is 1. The second-order valence-electron chi connectivity index (χ2n) is 4.12. The number of aryl methyl sites for hydroxylation is 2. The van der Waals surface area contributed by atoms with Crippen molar-refractivity contribution in [3.05, 3.63) is 53.6 Å². The van der Waals surface area contributed by atoms with Gasteiger partial charge in [0.2, 0.25) is 0 Å². The Morgan fingerprint density at radius 2 is 1.50 bits per heavy atom. The molecule has 0 saturated heterocycles. The Hall–Kier alpha value is -1.96. The first-order valence-electron chi connectivity index (χ1n) is 5.34. The van der Waals surface area contributed by atoms with Crippen LogP contribution in [0.3, 0.4) is 0 Å². The van der Waals surface area contributed by atoms with Crippen LogP contribution in [0.1, 0.15) is 11.1 Å². The van der Waals surface area contributed by atoms with Crippen molar-refractivity contribution in [2.45, 2.75) is 13.8 Å². The zero-order valence-electron chi connectivity index (χ0n) is 9.62. The Labute approximate surface area is 96.1 Å². The lowest BCUT2D eigenvalue weighted by atomic mass is 10.2. The van der Waals surface area contributed by atoms with E-state index >= 15 is 0 Å². The summed E-state index contributed by atoms with van der Waals surface area (Å²) >= 11 is 0. The molecule has 0 spiro atoms. The van der Waals surface area contributed by atoms with Gasteiger partial charge in [-0.15, -0.1) is 0 Å². The summed E-state index contributed by atoms with van der Waals surface area (Å²) in [7, 11) is 0. The molecule has 0 heterocycles. The van der Waals surface area contributed by atoms with Gasteiger partial charge in [-0.3, -0.25) is 0 Å². The number of benzene rings is 2. The van der Waals surface area contributed by atoms with E-state index in [4.69, 9.17) is 5.73 Å². The normalized spacial score (nSPS) is 10.1. The van der Waals surface area contributed by atoms with Gasteiger partial charge in [0.15, 0.2) is 0 Å². The van der Waals surface area contributed by atoms with Gasteiger partial charge in [0.1, 0.15) is 0 Å². The Bertz CT molecular complexity index is 466. The quantitative estimate of drug-likeness (QED) is 0.746. The summed E-state index contributed by atoms with van der Waals surface area (Å²) in [6.45, 7) is 4.12. The second kappa shape index (κ2) is 4.27. The van der Waals surface area contributed by atoms with Crippen molar-refractivity contribution < 1.29 is 0 Å². The van der Waals surface area contributed by atoms with Crippen LogP contribution in [0.5, 0.6) is 0 Å². The highest BCUT2D eigenvalue weighted by molar-refractivity contribution is 5.64. The first-order valence-corrected chi connectivity index (χ1v) is 5.34. The molecule has 0 atom stereocenters. The van der Waals surface area contributed by atoms with Crippen molar-refractivity contribution >= 4 is 17.1 Å². The molecule has 0 aliphatic heterocycles. The topological polar surface area (TPSA) is 38.0 Å². The molecule has 0 fully saturated rings. The molecule has 0 aliphatic carbocycles. The summed E-state index contributed by atoms with van der Waals surface area (Å²) < 4.78 is 0. The van der Waals surface area contributed by atoms with Crippen LogP contribution in [-0.2, 0) is 0 Å². The summed E-state index contributed by atoms with van der Waals surface area (Å²) in [6.07, 6.45) is 0. The number of hydrogen-bond donors (Lipinski definition) is 2. The van der Waals surface area contributed by atoms with E-state index in [1.54, 1.807) is 0 Å². The molecule has 0 bridgehead atoms. The van der Waals surface area contributed by atoms with Gasteiger partial charge in [0.05, 0.1) is 0 Å². The Morgan fingerprint density at radius 3 is 2.12 bits per heavy atom. The van der Waals surface area contributed by atoms with E-state index < -0.39 is 0 Å². The molecule has 2 rings (SSSR count). The van der Waals surface area contributed by atoms with Gasteiger partial charge in [-0.05, 0) is 49.7 Å². The van der Waals surface area contributed by atoms with Gasteiger partial charge < -0.3 is 11.1 Å². The number of anilines is 3. The van der Waals surface area contributed by atoms with Crippen LogP contribution in [-0.4, -0.2) is 0 Å². The van der Waals surface area contributed by atoms with Crippen molar-refractivity contribution in [1.82, 2.24) is 0 Å². The summed E-state index contributed by atoms with van der Waals surface area (Å²) in [6, 6.07) is 14.3. The fourth-order valence-electron chi connectivity index (χ4n) is 1.69. The van der Waals surface area contributed by atoms with Gasteiger partial charge in [-0.2, -0.15) is 0 Å². The van der Waals surface area contributed by atoms with E-state index in [-0.39, 0.29) is 0 Å². The molecule has 0 aliphatic rings. The predicted molar refractivity (Wildman–Crippen MR) is 70.1 cm³/mol. The molecule has 0 radical (unpaired) electrons. The maximum atomic E-state index is 5.80. The van der Waals surface area contributed by atoms with Gasteiger partial charge in [0.25, 0.3) is 0 Å². The minimum absolute atomic E-state index is 0.787. The fraction of sp³-hybridized carbons (Fsp3) is 0.143. The van der Waals surface area contributed by atoms with Crippen LogP contribution in [0.15, 0.2) is 42.5 Å². The third-order valence-corrected chi connectivity index (χ3v) is 2.44. The van der Waals surface area contributed by atoms with Crippen molar-refractivity contribution in [2.75, 3.05) is 11.1 Å². The highest BCUT2D eigenvalue weighted by atomic mass is 14.9. The molecule has 2 nitrogen and oxygen atoms in total. The Kier molecular flexibility index (Phi) is 2.82. The zero-order chi connectivity index (χ0) is 11.5. The van der Waals surface area contributed by atoms with Crippen molar-refractivity contribution in [2.24, 2.45) is 0 Å². The Balaban J connectivity index is 2.23. The molecule has 0 aromatic heterocycles. The first-order chi connectivity index (χ1) is 7.63. The van der Waals surface area contributed by atoms with E-state index in [0.29, 0.717) is 0 Å². The standard InChI is InChI=1S/C14H16N2/c1-10-3-5-13(6-4-10)16-14-8-11(2)7-12(15)9-14/h3-9,16H,15H2,1-2H3. The first kappa shape index (κ1) is 10.6. The SMILES string of the molecule is Cc1ccc(Nc2cc(C)cc(N)c2)cc1. The molecule has 16 heavy (non-hydrogen) atoms. The average molecular weight is 212 g/mol. The molecule has 82 valence electrons. The lowest BCUT2D eigenvalue weighted by Gasteiger charge is -2.08. The van der Waals surface area contributed by atoms with Crippen LogP contribution in [0.25, 0.3) is 0 Å². The van der Waals surface area contributed by atoms with Gasteiger partial charge in [-0.25, -0.2) is 0 Å². The van der Waals surface area contributed by atoms with Crippen LogP contribution in [0, 0.1) is 13.8 Å². The monoisotopic (exact) mass is 212 g/mol. The van der Waals surface area contributed by atoms with Gasteiger partial charge in [0, 0.05) is 17.1 Å². The van der Waals surface area contributed by atoms with Crippen LogP contribution in [0.4, 0.5) is 17.1 Å². The predicted octanol–water partition coefficient (Wildman–Crippen LogP) is 3.63. The van der Waals surface area contributed by atoms with Crippen molar-refractivity contribution in [1.29, 1.82) is 0 Å². The van der Waals surface area contributed by atoms with Crippen LogP contribution in [0.2, 0.25) is 0 Å². The van der Waals surface area contributed by atoms with E-state index in [9.17, 15) is 0 Å². The summed E-state index contributed by atoms with van der Waals surface area (Å²) in [5.41, 5.74) is 11.1. The Morgan fingerprint density at radius 1 is 0.812 bits per heavy atom. The lowest BCUT2D eigenvalue weighted by Crippen LogP contribution is -1.93. The van der Waals surface area contributed by atoms with E-state index in [1.807, 2.05) is 19.1 Å². The third kappa shape index (κ3) is 2.54. The lowest BCUT2D eigenvalue weighted by molar-refractivity contribution is 1.43. The van der Waals surface area contributed by atoms with Gasteiger partial charge >= 0.3 is 0 Å². The fourth-order valence-corrected chi connectivity index (χ4v) is 1.69. The molecular formula is C14H16N2. The molecular weight excluding hydrogens is 196 g/mol. The highest BCUT2D eigenvalue weighted by Gasteiger charge is 1.97. The van der Waals surface area contributed by atoms with Crippen LogP contribution < -0.4 is 11.1 Å². The van der Waals surface area contributed by atoms with Crippen molar-refractivity contribution in [3.63, 3.8) is 0 Å². The summed E-state index contributed by atoms with van der Waals surface area (Å²) in [5.74, 6) is 0. The molecule has 0 amide bonds. The minimum Gasteiger partial charge on any atom is -0.399 e. The summed E-state index contributed by atoms with van der Waals surface area (Å²) in [5, 5.41) is 3.33. The highest BCUT2D eigenvalue weighted by Crippen LogP contribution is 2.20. The second-order valence-corrected chi connectivity index (χ2v) is 4.12. The number of hydrogen-bond acceptors (Lipinski definition) is 2. The number of rotatable bonds is 2. The van der Waals surface area contributed by atoms with E-state index in [0.717, 1.165) is 22.6 Å². The molecule has 3 N–H and O–H groups in total. The maximum Gasteiger partial charge on any atom is 0.0407 e. The number of nitrogen functional groups attached to an aromatic ring is 1. The maximum absolute atomic E-state index is 5.80. The minimum atomic E-state index is 0.787. The smallest absolute Gasteiger partial charge is 0.0407 e. The largest absolute Gasteiger partial charge is 0.399 e. The van der Waals surface area contributed by atoms with E-state index in [1.165, 1.54) is 5.56 Å². The molecule has 2 heteroatoms. The third-order valence-electron chi connectivity index (χ3n) is 2.44. The molecule has 2 aromatic rings. The van der Waals surface area contributed by atoms with E-state index in [2.05, 4.69) is 42.6 Å². The van der Waals surface area contributed by atoms with Crippen molar-refractivity contribution in [3.8, 4) is 0 Å². The van der Waals surface area contributed by atoms with Crippen LogP contribution >= 0.6 is 0 Å². The number of nitrogens with two attached hydrogens (primary N) is 1. The molecule has 2 aromatic carbocycles. The van der Waals surface area contributed by atoms with Gasteiger partial charge in [-0.1, -0.05) is 17.7 Å². The zero-order valence-corrected chi connectivity index (χ0v) is 9.62. The molecule has 0 saturated carbocycles. The average Bonchev–Trinajstić information content (AvgIpc) is 2.20.